The standard InChI is InChI=1S/C15H21BrO/c16-12-15(9-5-10-15)13-17-11-4-8-14-6-2-1-3-7-14/h1-3,6-7H,4-5,8-13H2. The van der Waals surface area contributed by atoms with Gasteiger partial charge in [-0.1, -0.05) is 52.7 Å². The summed E-state index contributed by atoms with van der Waals surface area (Å²) in [5, 5.41) is 1.10. The Bertz CT molecular complexity index is 313. The summed E-state index contributed by atoms with van der Waals surface area (Å²) in [5.74, 6) is 0. The molecule has 0 unspecified atom stereocenters. The maximum Gasteiger partial charge on any atom is 0.0530 e. The van der Waals surface area contributed by atoms with Crippen LogP contribution >= 0.6 is 15.9 Å². The van der Waals surface area contributed by atoms with Crippen molar-refractivity contribution in [2.75, 3.05) is 18.5 Å². The van der Waals surface area contributed by atoms with E-state index in [-0.39, 0.29) is 0 Å². The summed E-state index contributed by atoms with van der Waals surface area (Å²) in [6, 6.07) is 10.6. The molecule has 1 nitrogen and oxygen atoms in total. The number of ether oxygens (including phenoxy) is 1. The van der Waals surface area contributed by atoms with E-state index in [2.05, 4.69) is 46.3 Å². The Morgan fingerprint density at radius 1 is 1.18 bits per heavy atom. The van der Waals surface area contributed by atoms with Gasteiger partial charge in [-0.3, -0.25) is 0 Å². The highest BCUT2D eigenvalue weighted by molar-refractivity contribution is 9.09. The summed E-state index contributed by atoms with van der Waals surface area (Å²) in [4.78, 5) is 0. The van der Waals surface area contributed by atoms with Gasteiger partial charge in [-0.05, 0) is 31.2 Å². The number of alkyl halides is 1. The molecular formula is C15H21BrO. The lowest BCUT2D eigenvalue weighted by atomic mass is 9.71. The molecule has 0 aromatic heterocycles. The molecule has 0 saturated heterocycles. The third-order valence-corrected chi connectivity index (χ3v) is 4.89. The molecule has 17 heavy (non-hydrogen) atoms. The maximum absolute atomic E-state index is 5.82. The third-order valence-electron chi connectivity index (χ3n) is 3.70. The minimum Gasteiger partial charge on any atom is -0.381 e. The van der Waals surface area contributed by atoms with E-state index in [1.165, 1.54) is 24.8 Å². The summed E-state index contributed by atoms with van der Waals surface area (Å²) in [5.41, 5.74) is 1.88. The maximum atomic E-state index is 5.82. The van der Waals surface area contributed by atoms with Gasteiger partial charge in [0.1, 0.15) is 0 Å². The lowest BCUT2D eigenvalue weighted by Gasteiger charge is -2.40. The van der Waals surface area contributed by atoms with Crippen molar-refractivity contribution in [2.45, 2.75) is 32.1 Å². The van der Waals surface area contributed by atoms with Gasteiger partial charge in [-0.15, -0.1) is 0 Å². The number of rotatable bonds is 7. The molecule has 1 aromatic rings. The molecule has 0 N–H and O–H groups in total. The first-order chi connectivity index (χ1) is 8.35. The van der Waals surface area contributed by atoms with E-state index in [9.17, 15) is 0 Å². The van der Waals surface area contributed by atoms with Crippen LogP contribution < -0.4 is 0 Å². The van der Waals surface area contributed by atoms with E-state index in [0.29, 0.717) is 5.41 Å². The van der Waals surface area contributed by atoms with Crippen LogP contribution in [0.5, 0.6) is 0 Å². The van der Waals surface area contributed by atoms with Crippen molar-refractivity contribution in [1.29, 1.82) is 0 Å². The number of hydrogen-bond donors (Lipinski definition) is 0. The predicted octanol–water partition coefficient (Wildman–Crippen LogP) is 4.20. The minimum atomic E-state index is 0.465. The van der Waals surface area contributed by atoms with Gasteiger partial charge in [0.15, 0.2) is 0 Å². The molecule has 1 aliphatic carbocycles. The van der Waals surface area contributed by atoms with Crippen molar-refractivity contribution < 1.29 is 4.74 Å². The Labute approximate surface area is 113 Å². The van der Waals surface area contributed by atoms with Gasteiger partial charge in [0.05, 0.1) is 6.61 Å². The van der Waals surface area contributed by atoms with Crippen LogP contribution in [0.2, 0.25) is 0 Å². The molecule has 0 radical (unpaired) electrons. The summed E-state index contributed by atoms with van der Waals surface area (Å²) in [6.45, 7) is 1.83. The van der Waals surface area contributed by atoms with Gasteiger partial charge >= 0.3 is 0 Å². The molecule has 0 heterocycles. The second-order valence-electron chi connectivity index (χ2n) is 5.13. The van der Waals surface area contributed by atoms with Gasteiger partial charge in [0.2, 0.25) is 0 Å². The van der Waals surface area contributed by atoms with Crippen molar-refractivity contribution in [2.24, 2.45) is 5.41 Å². The van der Waals surface area contributed by atoms with Crippen molar-refractivity contribution in [3.63, 3.8) is 0 Å². The second-order valence-corrected chi connectivity index (χ2v) is 5.69. The summed E-state index contributed by atoms with van der Waals surface area (Å²) >= 11 is 3.61. The first-order valence-electron chi connectivity index (χ1n) is 6.52. The van der Waals surface area contributed by atoms with Crippen molar-refractivity contribution >= 4 is 15.9 Å². The zero-order chi connectivity index (χ0) is 12.0. The molecule has 2 rings (SSSR count). The smallest absolute Gasteiger partial charge is 0.0530 e. The number of hydrogen-bond acceptors (Lipinski definition) is 1. The Morgan fingerprint density at radius 3 is 2.53 bits per heavy atom. The first kappa shape index (κ1) is 13.1. The second kappa shape index (κ2) is 6.55. The summed E-state index contributed by atoms with van der Waals surface area (Å²) in [6.07, 6.45) is 6.29. The predicted molar refractivity (Wildman–Crippen MR) is 75.7 cm³/mol. The normalized spacial score (nSPS) is 17.7. The fourth-order valence-electron chi connectivity index (χ4n) is 2.31. The topological polar surface area (TPSA) is 9.23 Å². The van der Waals surface area contributed by atoms with E-state index < -0.39 is 0 Å². The average molecular weight is 297 g/mol. The molecule has 1 fully saturated rings. The van der Waals surface area contributed by atoms with E-state index in [1.54, 1.807) is 0 Å². The zero-order valence-corrected chi connectivity index (χ0v) is 11.9. The van der Waals surface area contributed by atoms with Crippen molar-refractivity contribution in [1.82, 2.24) is 0 Å². The van der Waals surface area contributed by atoms with E-state index in [4.69, 9.17) is 4.74 Å². The van der Waals surface area contributed by atoms with Gasteiger partial charge in [-0.25, -0.2) is 0 Å². The van der Waals surface area contributed by atoms with Crippen molar-refractivity contribution in [3.8, 4) is 0 Å². The molecule has 0 bridgehead atoms. The minimum absolute atomic E-state index is 0.465. The molecule has 2 heteroatoms. The van der Waals surface area contributed by atoms with Crippen LogP contribution in [0.3, 0.4) is 0 Å². The molecule has 1 aromatic carbocycles. The van der Waals surface area contributed by atoms with Crippen molar-refractivity contribution in [3.05, 3.63) is 35.9 Å². The van der Waals surface area contributed by atoms with E-state index >= 15 is 0 Å². The summed E-state index contributed by atoms with van der Waals surface area (Å²) < 4.78 is 5.82. The largest absolute Gasteiger partial charge is 0.381 e. The molecule has 0 spiro atoms. The molecule has 94 valence electrons. The highest BCUT2D eigenvalue weighted by atomic mass is 79.9. The molecule has 1 saturated carbocycles. The average Bonchev–Trinajstić information content (AvgIpc) is 2.33. The lowest BCUT2D eigenvalue weighted by molar-refractivity contribution is 0.0102. The number of aryl methyl sites for hydroxylation is 1. The third kappa shape index (κ3) is 3.82. The van der Waals surface area contributed by atoms with Gasteiger partial charge in [0.25, 0.3) is 0 Å². The number of benzene rings is 1. The van der Waals surface area contributed by atoms with E-state index in [1.807, 2.05) is 0 Å². The number of halogens is 1. The van der Waals surface area contributed by atoms with Crippen LogP contribution in [-0.2, 0) is 11.2 Å². The molecular weight excluding hydrogens is 276 g/mol. The van der Waals surface area contributed by atoms with Crippen LogP contribution in [0.15, 0.2) is 30.3 Å². The monoisotopic (exact) mass is 296 g/mol. The molecule has 1 aliphatic rings. The Kier molecular flexibility index (Phi) is 5.05. The van der Waals surface area contributed by atoms with Crippen LogP contribution in [0.4, 0.5) is 0 Å². The Hall–Kier alpha value is -0.340. The van der Waals surface area contributed by atoms with Crippen LogP contribution in [0, 0.1) is 5.41 Å². The van der Waals surface area contributed by atoms with Gasteiger partial charge < -0.3 is 4.74 Å². The molecule has 0 aliphatic heterocycles. The summed E-state index contributed by atoms with van der Waals surface area (Å²) in [7, 11) is 0. The molecule has 0 atom stereocenters. The quantitative estimate of drug-likeness (QED) is 0.541. The fourth-order valence-corrected chi connectivity index (χ4v) is 3.03. The Morgan fingerprint density at radius 2 is 1.94 bits per heavy atom. The van der Waals surface area contributed by atoms with Gasteiger partial charge in [0, 0.05) is 17.4 Å². The van der Waals surface area contributed by atoms with E-state index in [0.717, 1.165) is 31.4 Å². The van der Waals surface area contributed by atoms with Crippen LogP contribution in [-0.4, -0.2) is 18.5 Å². The van der Waals surface area contributed by atoms with Gasteiger partial charge in [-0.2, -0.15) is 0 Å². The SMILES string of the molecule is BrCC1(COCCCc2ccccc2)CCC1. The molecule has 0 amide bonds. The first-order valence-corrected chi connectivity index (χ1v) is 7.64. The highest BCUT2D eigenvalue weighted by Crippen LogP contribution is 2.42. The van der Waals surface area contributed by atoms with Crippen LogP contribution in [0.1, 0.15) is 31.2 Å². The highest BCUT2D eigenvalue weighted by Gasteiger charge is 2.35. The zero-order valence-electron chi connectivity index (χ0n) is 10.3. The fraction of sp³-hybridized carbons (Fsp3) is 0.600. The lowest BCUT2D eigenvalue weighted by Crippen LogP contribution is -2.36. The van der Waals surface area contributed by atoms with Crippen LogP contribution in [0.25, 0.3) is 0 Å². The Balaban J connectivity index is 1.58.